The molecular weight excluding hydrogens is 781 g/mol. The van der Waals surface area contributed by atoms with Gasteiger partial charge in [0.05, 0.1) is 22.4 Å². The van der Waals surface area contributed by atoms with E-state index in [9.17, 15) is 0 Å². The highest BCUT2D eigenvalue weighted by Crippen LogP contribution is 2.50. The van der Waals surface area contributed by atoms with Gasteiger partial charge in [0.25, 0.3) is 0 Å². The number of nitrogens with zero attached hydrogens (tertiary/aromatic N) is 2. The Bertz CT molecular complexity index is 3600. The van der Waals surface area contributed by atoms with Crippen LogP contribution in [-0.2, 0) is 0 Å². The van der Waals surface area contributed by atoms with Gasteiger partial charge >= 0.3 is 0 Å². The molecule has 63 heavy (non-hydrogen) atoms. The van der Waals surface area contributed by atoms with Crippen LogP contribution in [0.4, 0.5) is 17.1 Å². The first-order valence-corrected chi connectivity index (χ1v) is 22.3. The first-order chi connectivity index (χ1) is 31.3. The summed E-state index contributed by atoms with van der Waals surface area (Å²) in [6, 6.07) is 88.5. The Labute approximate surface area is 370 Å². The van der Waals surface area contributed by atoms with Gasteiger partial charge in [0.15, 0.2) is 0 Å². The molecule has 2 aromatic heterocycles. The fourth-order valence-corrected chi connectivity index (χ4v) is 10.8. The fourth-order valence-electron chi connectivity index (χ4n) is 9.54. The maximum Gasteiger partial charge on any atom is 0.0618 e. The number of fused-ring (bicyclic) bond motifs is 6. The summed E-state index contributed by atoms with van der Waals surface area (Å²) < 4.78 is 5.05. The molecule has 12 rings (SSSR count). The number of para-hydroxylation sites is 3. The smallest absolute Gasteiger partial charge is 0.0618 e. The van der Waals surface area contributed by atoms with E-state index in [0.717, 1.165) is 39.4 Å². The number of thiophene rings is 1. The van der Waals surface area contributed by atoms with Crippen LogP contribution < -0.4 is 4.90 Å². The van der Waals surface area contributed by atoms with Crippen molar-refractivity contribution in [2.45, 2.75) is 0 Å². The van der Waals surface area contributed by atoms with Crippen molar-refractivity contribution >= 4 is 70.4 Å². The first kappa shape index (κ1) is 36.8. The lowest BCUT2D eigenvalue weighted by molar-refractivity contribution is 1.18. The van der Waals surface area contributed by atoms with Crippen LogP contribution in [0.25, 0.3) is 92.2 Å². The Balaban J connectivity index is 1.17. The number of benzene rings is 10. The molecule has 0 spiro atoms. The topological polar surface area (TPSA) is 8.17 Å². The highest BCUT2D eigenvalue weighted by atomic mass is 32.1. The van der Waals surface area contributed by atoms with E-state index >= 15 is 0 Å². The van der Waals surface area contributed by atoms with Crippen LogP contribution in [0.3, 0.4) is 0 Å². The quantitative estimate of drug-likeness (QED) is 0.148. The molecule has 2 nitrogen and oxygen atoms in total. The summed E-state index contributed by atoms with van der Waals surface area (Å²) in [4.78, 5) is 2.50. The van der Waals surface area contributed by atoms with Crippen molar-refractivity contribution in [3.05, 3.63) is 243 Å². The number of hydrogen-bond acceptors (Lipinski definition) is 2. The van der Waals surface area contributed by atoms with Crippen LogP contribution in [0.1, 0.15) is 0 Å². The molecule has 0 saturated heterocycles. The molecule has 0 amide bonds. The second-order valence-electron chi connectivity index (χ2n) is 16.0. The summed E-state index contributed by atoms with van der Waals surface area (Å²) >= 11 is 1.88. The van der Waals surface area contributed by atoms with Gasteiger partial charge in [0.2, 0.25) is 0 Å². The molecule has 0 atom stereocenters. The van der Waals surface area contributed by atoms with Crippen LogP contribution >= 0.6 is 11.3 Å². The van der Waals surface area contributed by atoms with Crippen LogP contribution in [0.2, 0.25) is 0 Å². The number of aromatic nitrogens is 1. The van der Waals surface area contributed by atoms with E-state index in [4.69, 9.17) is 0 Å². The summed E-state index contributed by atoms with van der Waals surface area (Å²) in [5, 5.41) is 5.01. The summed E-state index contributed by atoms with van der Waals surface area (Å²) in [6.45, 7) is 0. The number of rotatable bonds is 8. The van der Waals surface area contributed by atoms with E-state index in [-0.39, 0.29) is 0 Å². The van der Waals surface area contributed by atoms with Crippen molar-refractivity contribution < 1.29 is 0 Å². The summed E-state index contributed by atoms with van der Waals surface area (Å²) in [7, 11) is 0. The van der Waals surface area contributed by atoms with Gasteiger partial charge in [-0.3, -0.25) is 0 Å². The molecule has 0 bridgehead atoms. The lowest BCUT2D eigenvalue weighted by Gasteiger charge is -2.31. The van der Waals surface area contributed by atoms with Gasteiger partial charge in [-0.05, 0) is 64.7 Å². The molecule has 3 heteroatoms. The largest absolute Gasteiger partial charge is 0.309 e. The maximum absolute atomic E-state index is 2.50. The van der Waals surface area contributed by atoms with Crippen LogP contribution in [0, 0.1) is 0 Å². The Morgan fingerprint density at radius 1 is 0.317 bits per heavy atom. The molecule has 0 unspecified atom stereocenters. The molecule has 10 aromatic carbocycles. The highest BCUT2D eigenvalue weighted by Gasteiger charge is 2.25. The zero-order chi connectivity index (χ0) is 41.7. The third-order valence-electron chi connectivity index (χ3n) is 12.4. The minimum atomic E-state index is 1.07. The minimum absolute atomic E-state index is 1.07. The Kier molecular flexibility index (Phi) is 9.06. The Morgan fingerprint density at radius 3 is 1.62 bits per heavy atom. The van der Waals surface area contributed by atoms with Crippen molar-refractivity contribution in [2.24, 2.45) is 0 Å². The molecular formula is C60H40N2S. The van der Waals surface area contributed by atoms with E-state index in [1.807, 2.05) is 11.3 Å². The molecule has 2 heterocycles. The molecule has 296 valence electrons. The van der Waals surface area contributed by atoms with Crippen molar-refractivity contribution in [1.29, 1.82) is 0 Å². The fraction of sp³-hybridized carbons (Fsp3) is 0. The zero-order valence-electron chi connectivity index (χ0n) is 34.4. The van der Waals surface area contributed by atoms with Crippen LogP contribution in [-0.4, -0.2) is 4.57 Å². The van der Waals surface area contributed by atoms with Gasteiger partial charge in [-0.1, -0.05) is 200 Å². The predicted molar refractivity (Wildman–Crippen MR) is 270 cm³/mol. The summed E-state index contributed by atoms with van der Waals surface area (Å²) in [6.07, 6.45) is 0. The second kappa shape index (κ2) is 15.5. The number of anilines is 3. The van der Waals surface area contributed by atoms with E-state index in [1.165, 1.54) is 69.8 Å². The standard InChI is InChI=1S/C60H40N2S/c1-4-18-41(19-5-1)42-34-36-45(37-35-42)61(46-38-39-50-49-25-11-14-32-56(49)62(57(50)40-46)55-31-13-10-24-47(55)43-20-6-2-7-21-43)59-48(44-22-8-3-9-23-44)27-16-28-52(59)54-30-17-29-53-51-26-12-15-33-58(51)63-60(53)54/h1-40H. The van der Waals surface area contributed by atoms with Crippen molar-refractivity contribution in [3.8, 4) is 50.2 Å². The van der Waals surface area contributed by atoms with E-state index < -0.39 is 0 Å². The maximum atomic E-state index is 2.50. The van der Waals surface area contributed by atoms with Gasteiger partial charge in [-0.2, -0.15) is 0 Å². The summed E-state index contributed by atoms with van der Waals surface area (Å²) in [5.74, 6) is 0. The van der Waals surface area contributed by atoms with E-state index in [1.54, 1.807) is 0 Å². The van der Waals surface area contributed by atoms with Crippen molar-refractivity contribution in [2.75, 3.05) is 4.90 Å². The third-order valence-corrected chi connectivity index (χ3v) is 13.6. The predicted octanol–water partition coefficient (Wildman–Crippen LogP) is 17.3. The molecule has 0 aliphatic heterocycles. The van der Waals surface area contributed by atoms with E-state index in [2.05, 4.69) is 252 Å². The normalized spacial score (nSPS) is 11.5. The monoisotopic (exact) mass is 820 g/mol. The second-order valence-corrected chi connectivity index (χ2v) is 17.1. The lowest BCUT2D eigenvalue weighted by Crippen LogP contribution is -2.13. The average molecular weight is 821 g/mol. The minimum Gasteiger partial charge on any atom is -0.309 e. The molecule has 0 aliphatic rings. The van der Waals surface area contributed by atoms with Gasteiger partial charge in [-0.25, -0.2) is 0 Å². The average Bonchev–Trinajstić information content (AvgIpc) is 3.91. The molecule has 0 fully saturated rings. The molecule has 0 N–H and O–H groups in total. The van der Waals surface area contributed by atoms with Crippen LogP contribution in [0.5, 0.6) is 0 Å². The molecule has 12 aromatic rings. The van der Waals surface area contributed by atoms with Crippen molar-refractivity contribution in [1.82, 2.24) is 4.57 Å². The van der Waals surface area contributed by atoms with Gasteiger partial charge < -0.3 is 9.47 Å². The Hall–Kier alpha value is -7.98. The third kappa shape index (κ3) is 6.33. The first-order valence-electron chi connectivity index (χ1n) is 21.5. The Morgan fingerprint density at radius 2 is 0.841 bits per heavy atom. The van der Waals surface area contributed by atoms with Crippen LogP contribution in [0.15, 0.2) is 243 Å². The molecule has 0 radical (unpaired) electrons. The zero-order valence-corrected chi connectivity index (χ0v) is 35.2. The van der Waals surface area contributed by atoms with Gasteiger partial charge in [0, 0.05) is 64.6 Å². The number of hydrogen-bond donors (Lipinski definition) is 0. The molecule has 0 saturated carbocycles. The van der Waals surface area contributed by atoms with Gasteiger partial charge in [-0.15, -0.1) is 11.3 Å². The molecule has 0 aliphatic carbocycles. The summed E-state index contributed by atoms with van der Waals surface area (Å²) in [5.41, 5.74) is 16.2. The highest BCUT2D eigenvalue weighted by molar-refractivity contribution is 7.26. The SMILES string of the molecule is c1ccc(-c2ccc(N(c3ccc4c5ccccc5n(-c5ccccc5-c5ccccc5)c4c3)c3c(-c4ccccc4)cccc3-c3cccc4c3sc3ccccc34)cc2)cc1. The van der Waals surface area contributed by atoms with Gasteiger partial charge in [0.1, 0.15) is 0 Å². The lowest BCUT2D eigenvalue weighted by atomic mass is 9.93. The van der Waals surface area contributed by atoms with Crippen molar-refractivity contribution in [3.63, 3.8) is 0 Å². The van der Waals surface area contributed by atoms with E-state index in [0.29, 0.717) is 0 Å².